The predicted molar refractivity (Wildman–Crippen MR) is 69.8 cm³/mol. The van der Waals surface area contributed by atoms with Crippen LogP contribution >= 0.6 is 0 Å². The van der Waals surface area contributed by atoms with E-state index in [0.29, 0.717) is 5.69 Å². The zero-order valence-corrected chi connectivity index (χ0v) is 10.6. The molecule has 1 aromatic carbocycles. The molecule has 1 aliphatic heterocycles. The van der Waals surface area contributed by atoms with E-state index in [9.17, 15) is 9.90 Å². The van der Waals surface area contributed by atoms with E-state index in [0.717, 1.165) is 16.9 Å². The van der Waals surface area contributed by atoms with Crippen LogP contribution in [0.1, 0.15) is 5.82 Å². The molecule has 0 aliphatic carbocycles. The van der Waals surface area contributed by atoms with Crippen LogP contribution in [-0.2, 0) is 9.53 Å². The van der Waals surface area contributed by atoms with Crippen LogP contribution in [0.25, 0.3) is 11.0 Å². The molecule has 0 saturated carbocycles. The Bertz CT molecular complexity index is 626. The number of rotatable bonds is 3. The maximum atomic E-state index is 12.1. The Morgan fingerprint density at radius 2 is 2.37 bits per heavy atom. The summed E-state index contributed by atoms with van der Waals surface area (Å²) >= 11 is 0. The maximum absolute atomic E-state index is 12.1. The number of aromatic amines is 1. The minimum absolute atomic E-state index is 0.204. The third-order valence-corrected chi connectivity index (χ3v) is 3.40. The molecule has 1 amide bonds. The molecule has 0 unspecified atom stereocenters. The predicted octanol–water partition coefficient (Wildman–Crippen LogP) is 0.819. The minimum atomic E-state index is -0.793. The van der Waals surface area contributed by atoms with Crippen LogP contribution in [-0.4, -0.2) is 40.8 Å². The van der Waals surface area contributed by atoms with E-state index in [4.69, 9.17) is 4.74 Å². The number of hydrogen-bond acceptors (Lipinski definition) is 4. The zero-order valence-electron chi connectivity index (χ0n) is 10.6. The van der Waals surface area contributed by atoms with Crippen LogP contribution in [0.4, 0.5) is 5.69 Å². The van der Waals surface area contributed by atoms with Gasteiger partial charge in [-0.2, -0.15) is 0 Å². The number of imidazole rings is 1. The van der Waals surface area contributed by atoms with Gasteiger partial charge in [-0.05, 0) is 25.1 Å². The standard InChI is InChI=1S/C13H15N3O3/c1-8-14-10-3-2-9(4-11(10)15-8)16-12(18)13(5-17)6-19-7-13/h2-4,17H,5-7H2,1H3,(H,14,15)(H,16,18). The van der Waals surface area contributed by atoms with Crippen molar-refractivity contribution in [3.63, 3.8) is 0 Å². The van der Waals surface area contributed by atoms with Crippen LogP contribution in [0, 0.1) is 12.3 Å². The number of nitrogens with one attached hydrogen (secondary N) is 2. The minimum Gasteiger partial charge on any atom is -0.395 e. The lowest BCUT2D eigenvalue weighted by Gasteiger charge is -2.37. The smallest absolute Gasteiger partial charge is 0.237 e. The highest BCUT2D eigenvalue weighted by Crippen LogP contribution is 2.29. The number of anilines is 1. The highest BCUT2D eigenvalue weighted by Gasteiger charge is 2.45. The number of hydrogen-bond donors (Lipinski definition) is 3. The number of ether oxygens (including phenoxy) is 1. The number of aryl methyl sites for hydroxylation is 1. The highest BCUT2D eigenvalue weighted by molar-refractivity contribution is 5.97. The second-order valence-electron chi connectivity index (χ2n) is 4.94. The van der Waals surface area contributed by atoms with E-state index < -0.39 is 5.41 Å². The van der Waals surface area contributed by atoms with E-state index in [2.05, 4.69) is 15.3 Å². The molecule has 1 saturated heterocycles. The summed E-state index contributed by atoms with van der Waals surface area (Å²) in [6, 6.07) is 5.47. The van der Waals surface area contributed by atoms with Crippen LogP contribution < -0.4 is 5.32 Å². The zero-order chi connectivity index (χ0) is 13.5. The molecule has 100 valence electrons. The third kappa shape index (κ3) is 1.98. The molecule has 1 fully saturated rings. The van der Waals surface area contributed by atoms with Gasteiger partial charge < -0.3 is 20.1 Å². The van der Waals surface area contributed by atoms with Crippen molar-refractivity contribution in [3.05, 3.63) is 24.0 Å². The van der Waals surface area contributed by atoms with E-state index >= 15 is 0 Å². The first-order valence-corrected chi connectivity index (χ1v) is 6.09. The number of amides is 1. The first-order valence-electron chi connectivity index (χ1n) is 6.09. The fourth-order valence-corrected chi connectivity index (χ4v) is 2.12. The maximum Gasteiger partial charge on any atom is 0.237 e. The highest BCUT2D eigenvalue weighted by atomic mass is 16.5. The van der Waals surface area contributed by atoms with E-state index in [-0.39, 0.29) is 25.7 Å². The van der Waals surface area contributed by atoms with Gasteiger partial charge >= 0.3 is 0 Å². The number of aliphatic hydroxyl groups excluding tert-OH is 1. The van der Waals surface area contributed by atoms with Crippen molar-refractivity contribution in [1.29, 1.82) is 0 Å². The summed E-state index contributed by atoms with van der Waals surface area (Å²) in [5, 5.41) is 12.1. The van der Waals surface area contributed by atoms with Crippen LogP contribution in [0.3, 0.4) is 0 Å². The number of benzene rings is 1. The van der Waals surface area contributed by atoms with Gasteiger partial charge in [-0.15, -0.1) is 0 Å². The van der Waals surface area contributed by atoms with Crippen LogP contribution in [0.2, 0.25) is 0 Å². The summed E-state index contributed by atoms with van der Waals surface area (Å²) in [6.07, 6.45) is 0. The summed E-state index contributed by atoms with van der Waals surface area (Å²) in [5.41, 5.74) is 1.62. The van der Waals surface area contributed by atoms with Gasteiger partial charge in [0.05, 0.1) is 30.9 Å². The summed E-state index contributed by atoms with van der Waals surface area (Å²) in [7, 11) is 0. The van der Waals surface area contributed by atoms with E-state index in [1.807, 2.05) is 19.1 Å². The lowest BCUT2D eigenvalue weighted by molar-refractivity contribution is -0.164. The van der Waals surface area contributed by atoms with Gasteiger partial charge in [-0.25, -0.2) is 4.98 Å². The first kappa shape index (κ1) is 12.1. The molecule has 0 spiro atoms. The molecule has 1 aromatic heterocycles. The van der Waals surface area contributed by atoms with E-state index in [1.54, 1.807) is 6.07 Å². The van der Waals surface area contributed by atoms with Gasteiger partial charge in [0.1, 0.15) is 11.2 Å². The topological polar surface area (TPSA) is 87.2 Å². The molecule has 0 bridgehead atoms. The van der Waals surface area contributed by atoms with Gasteiger partial charge in [0, 0.05) is 5.69 Å². The molecular formula is C13H15N3O3. The number of nitrogens with zero attached hydrogens (tertiary/aromatic N) is 1. The van der Waals surface area contributed by atoms with Crippen molar-refractivity contribution in [1.82, 2.24) is 9.97 Å². The van der Waals surface area contributed by atoms with Gasteiger partial charge in [0.25, 0.3) is 0 Å². The molecule has 19 heavy (non-hydrogen) atoms. The van der Waals surface area contributed by atoms with Crippen molar-refractivity contribution in [2.75, 3.05) is 25.1 Å². The lowest BCUT2D eigenvalue weighted by atomic mass is 9.86. The van der Waals surface area contributed by atoms with Gasteiger partial charge in [-0.3, -0.25) is 4.79 Å². The van der Waals surface area contributed by atoms with Crippen molar-refractivity contribution in [2.45, 2.75) is 6.92 Å². The number of H-pyrrole nitrogens is 1. The largest absolute Gasteiger partial charge is 0.395 e. The fraction of sp³-hybridized carbons (Fsp3) is 0.385. The Hall–Kier alpha value is -1.92. The number of fused-ring (bicyclic) bond motifs is 1. The Morgan fingerprint density at radius 1 is 1.58 bits per heavy atom. The average Bonchev–Trinajstić information content (AvgIpc) is 2.67. The van der Waals surface area contributed by atoms with Crippen molar-refractivity contribution in [3.8, 4) is 0 Å². The molecular weight excluding hydrogens is 246 g/mol. The number of carbonyl (C=O) groups excluding carboxylic acids is 1. The van der Waals surface area contributed by atoms with E-state index in [1.165, 1.54) is 0 Å². The quantitative estimate of drug-likeness (QED) is 0.763. The molecule has 2 heterocycles. The second kappa shape index (κ2) is 4.32. The monoisotopic (exact) mass is 261 g/mol. The fourth-order valence-electron chi connectivity index (χ4n) is 2.12. The van der Waals surface area contributed by atoms with Crippen molar-refractivity contribution < 1.29 is 14.6 Å². The van der Waals surface area contributed by atoms with Crippen molar-refractivity contribution >= 4 is 22.6 Å². The summed E-state index contributed by atoms with van der Waals surface area (Å²) < 4.78 is 5.02. The Balaban J connectivity index is 1.82. The Labute approximate surface area is 109 Å². The number of carbonyl (C=O) groups is 1. The molecule has 6 heteroatoms. The van der Waals surface area contributed by atoms with Gasteiger partial charge in [0.15, 0.2) is 0 Å². The normalized spacial score (nSPS) is 17.2. The molecule has 3 N–H and O–H groups in total. The average molecular weight is 261 g/mol. The molecule has 3 rings (SSSR count). The first-order chi connectivity index (χ1) is 9.13. The molecule has 0 atom stereocenters. The lowest BCUT2D eigenvalue weighted by Crippen LogP contribution is -2.54. The van der Waals surface area contributed by atoms with Crippen LogP contribution in [0.15, 0.2) is 18.2 Å². The summed E-state index contributed by atoms with van der Waals surface area (Å²) in [5.74, 6) is 0.620. The third-order valence-electron chi connectivity index (χ3n) is 3.40. The number of aromatic nitrogens is 2. The summed E-state index contributed by atoms with van der Waals surface area (Å²) in [4.78, 5) is 19.5. The van der Waals surface area contributed by atoms with Gasteiger partial charge in [-0.1, -0.05) is 0 Å². The Morgan fingerprint density at radius 3 is 3.00 bits per heavy atom. The molecule has 2 aromatic rings. The molecule has 6 nitrogen and oxygen atoms in total. The second-order valence-corrected chi connectivity index (χ2v) is 4.94. The van der Waals surface area contributed by atoms with Crippen LogP contribution in [0.5, 0.6) is 0 Å². The number of aliphatic hydroxyl groups is 1. The van der Waals surface area contributed by atoms with Crippen molar-refractivity contribution in [2.24, 2.45) is 5.41 Å². The summed E-state index contributed by atoms with van der Waals surface area (Å²) in [6.45, 7) is 2.20. The molecule has 1 aliphatic rings. The Kier molecular flexibility index (Phi) is 2.76. The van der Waals surface area contributed by atoms with Gasteiger partial charge in [0.2, 0.25) is 5.91 Å². The SMILES string of the molecule is Cc1nc2ccc(NC(=O)C3(CO)COC3)cc2[nH]1. The molecule has 0 radical (unpaired) electrons.